The summed E-state index contributed by atoms with van der Waals surface area (Å²) in [7, 11) is 1.57. The molecule has 4 amide bonds. The normalized spacial score (nSPS) is 19.2. The molecule has 0 spiro atoms. The summed E-state index contributed by atoms with van der Waals surface area (Å²) in [6.45, 7) is 0. The van der Waals surface area contributed by atoms with Gasteiger partial charge in [-0.15, -0.1) is 0 Å². The molecule has 3 N–H and O–H groups in total. The number of barbiturate groups is 1. The van der Waals surface area contributed by atoms with Gasteiger partial charge < -0.3 is 9.67 Å². The Morgan fingerprint density at radius 3 is 2.25 bits per heavy atom. The standard InChI is InChI=1S/C9H9N3O4/c1-12-4-2-3-5(12)9(16)6(13)10-8(15)11-7(9)14/h2-4,16H,1H3,(H2,10,11,13,14,15). The van der Waals surface area contributed by atoms with E-state index in [9.17, 15) is 19.5 Å². The number of hydrogen-bond donors (Lipinski definition) is 3. The van der Waals surface area contributed by atoms with Crippen molar-refractivity contribution in [2.45, 2.75) is 5.60 Å². The number of imide groups is 2. The number of nitrogens with zero attached hydrogens (tertiary/aromatic N) is 1. The quantitative estimate of drug-likeness (QED) is 0.508. The molecule has 7 heteroatoms. The van der Waals surface area contributed by atoms with Crippen LogP contribution in [0.15, 0.2) is 18.3 Å². The lowest BCUT2D eigenvalue weighted by Crippen LogP contribution is -2.65. The minimum atomic E-state index is -2.37. The molecule has 1 aromatic heterocycles. The highest BCUT2D eigenvalue weighted by molar-refractivity contribution is 6.21. The molecule has 1 aromatic rings. The third kappa shape index (κ3) is 1.22. The van der Waals surface area contributed by atoms with Crippen LogP contribution in [0.2, 0.25) is 0 Å². The van der Waals surface area contributed by atoms with Crippen molar-refractivity contribution in [3.63, 3.8) is 0 Å². The van der Waals surface area contributed by atoms with E-state index in [1.165, 1.54) is 10.6 Å². The SMILES string of the molecule is Cn1cccc1C1(O)C(=O)NC(=O)NC1=O. The van der Waals surface area contributed by atoms with Gasteiger partial charge in [0.1, 0.15) is 0 Å². The van der Waals surface area contributed by atoms with Crippen LogP contribution in [0.4, 0.5) is 4.79 Å². The van der Waals surface area contributed by atoms with E-state index in [1.807, 2.05) is 10.6 Å². The summed E-state index contributed by atoms with van der Waals surface area (Å²) in [6, 6.07) is 2.06. The molecule has 2 heterocycles. The molecule has 0 saturated carbocycles. The molecule has 1 saturated heterocycles. The van der Waals surface area contributed by atoms with Gasteiger partial charge in [-0.1, -0.05) is 0 Å². The Balaban J connectivity index is 2.52. The number of rotatable bonds is 1. The van der Waals surface area contributed by atoms with Gasteiger partial charge in [-0.3, -0.25) is 20.2 Å². The summed E-state index contributed by atoms with van der Waals surface area (Å²) in [5, 5.41) is 13.8. The molecule has 1 aliphatic heterocycles. The number of hydrogen-bond acceptors (Lipinski definition) is 4. The lowest BCUT2D eigenvalue weighted by molar-refractivity contribution is -0.156. The van der Waals surface area contributed by atoms with Crippen molar-refractivity contribution < 1.29 is 19.5 Å². The van der Waals surface area contributed by atoms with Crippen molar-refractivity contribution in [3.8, 4) is 0 Å². The summed E-state index contributed by atoms with van der Waals surface area (Å²) in [4.78, 5) is 33.9. The van der Waals surface area contributed by atoms with Crippen molar-refractivity contribution in [1.29, 1.82) is 0 Å². The molecule has 1 fully saturated rings. The van der Waals surface area contributed by atoms with E-state index in [1.54, 1.807) is 19.3 Å². The minimum absolute atomic E-state index is 0.0926. The molecular weight excluding hydrogens is 214 g/mol. The Morgan fingerprint density at radius 2 is 1.81 bits per heavy atom. The lowest BCUT2D eigenvalue weighted by atomic mass is 9.96. The van der Waals surface area contributed by atoms with Gasteiger partial charge in [0.15, 0.2) is 0 Å². The second kappa shape index (κ2) is 3.17. The van der Waals surface area contributed by atoms with E-state index in [0.717, 1.165) is 0 Å². The van der Waals surface area contributed by atoms with Crippen molar-refractivity contribution in [2.75, 3.05) is 0 Å². The first-order valence-corrected chi connectivity index (χ1v) is 4.47. The van der Waals surface area contributed by atoms with Crippen molar-refractivity contribution in [2.24, 2.45) is 7.05 Å². The Labute approximate surface area is 90.0 Å². The first-order valence-electron chi connectivity index (χ1n) is 4.47. The number of urea groups is 1. The van der Waals surface area contributed by atoms with Crippen molar-refractivity contribution in [1.82, 2.24) is 15.2 Å². The van der Waals surface area contributed by atoms with Crippen LogP contribution in [0.3, 0.4) is 0 Å². The molecule has 0 unspecified atom stereocenters. The highest BCUT2D eigenvalue weighted by Crippen LogP contribution is 2.23. The third-order valence-corrected chi connectivity index (χ3v) is 2.43. The van der Waals surface area contributed by atoms with E-state index < -0.39 is 23.4 Å². The molecule has 0 aromatic carbocycles. The number of aromatic nitrogens is 1. The highest BCUT2D eigenvalue weighted by atomic mass is 16.3. The van der Waals surface area contributed by atoms with E-state index in [2.05, 4.69) is 0 Å². The Hall–Kier alpha value is -2.15. The first kappa shape index (κ1) is 10.4. The second-order valence-corrected chi connectivity index (χ2v) is 3.45. The van der Waals surface area contributed by atoms with Crippen LogP contribution in [-0.2, 0) is 22.2 Å². The number of amides is 4. The van der Waals surface area contributed by atoms with E-state index >= 15 is 0 Å². The fraction of sp³-hybridized carbons (Fsp3) is 0.222. The van der Waals surface area contributed by atoms with Crippen molar-refractivity contribution >= 4 is 17.8 Å². The summed E-state index contributed by atoms with van der Waals surface area (Å²) in [6.07, 6.45) is 1.57. The fourth-order valence-corrected chi connectivity index (χ4v) is 1.59. The van der Waals surface area contributed by atoms with Gasteiger partial charge in [0, 0.05) is 13.2 Å². The summed E-state index contributed by atoms with van der Waals surface area (Å²) in [5.41, 5.74) is -2.28. The smallest absolute Gasteiger partial charge is 0.328 e. The van der Waals surface area contributed by atoms with E-state index in [0.29, 0.717) is 0 Å². The molecule has 16 heavy (non-hydrogen) atoms. The van der Waals surface area contributed by atoms with Crippen LogP contribution in [0.25, 0.3) is 0 Å². The van der Waals surface area contributed by atoms with Crippen LogP contribution < -0.4 is 10.6 Å². The maximum absolute atomic E-state index is 11.5. The number of carbonyl (C=O) groups is 3. The van der Waals surface area contributed by atoms with Crippen LogP contribution in [0, 0.1) is 0 Å². The van der Waals surface area contributed by atoms with Gasteiger partial charge in [-0.05, 0) is 12.1 Å². The molecule has 2 rings (SSSR count). The average molecular weight is 223 g/mol. The van der Waals surface area contributed by atoms with Crippen LogP contribution in [0.5, 0.6) is 0 Å². The lowest BCUT2D eigenvalue weighted by Gasteiger charge is -2.29. The second-order valence-electron chi connectivity index (χ2n) is 3.45. The van der Waals surface area contributed by atoms with E-state index in [-0.39, 0.29) is 5.69 Å². The molecule has 84 valence electrons. The molecule has 1 aliphatic rings. The first-order chi connectivity index (χ1) is 7.46. The Morgan fingerprint density at radius 1 is 1.25 bits per heavy atom. The minimum Gasteiger partial charge on any atom is -0.367 e. The van der Waals surface area contributed by atoms with Crippen LogP contribution >= 0.6 is 0 Å². The monoisotopic (exact) mass is 223 g/mol. The number of nitrogens with one attached hydrogen (secondary N) is 2. The fourth-order valence-electron chi connectivity index (χ4n) is 1.59. The zero-order chi connectivity index (χ0) is 11.9. The topological polar surface area (TPSA) is 100 Å². The molecule has 0 aliphatic carbocycles. The average Bonchev–Trinajstić information content (AvgIpc) is 2.61. The number of carbonyl (C=O) groups excluding carboxylic acids is 3. The molecule has 0 atom stereocenters. The zero-order valence-corrected chi connectivity index (χ0v) is 8.35. The third-order valence-electron chi connectivity index (χ3n) is 2.43. The summed E-state index contributed by atoms with van der Waals surface area (Å²) < 4.78 is 1.43. The maximum Gasteiger partial charge on any atom is 0.328 e. The maximum atomic E-state index is 11.5. The molecule has 7 nitrogen and oxygen atoms in total. The highest BCUT2D eigenvalue weighted by Gasteiger charge is 2.51. The van der Waals surface area contributed by atoms with Gasteiger partial charge >= 0.3 is 6.03 Å². The van der Waals surface area contributed by atoms with Gasteiger partial charge in [-0.2, -0.15) is 0 Å². The van der Waals surface area contributed by atoms with Crippen molar-refractivity contribution in [3.05, 3.63) is 24.0 Å². The summed E-state index contributed by atoms with van der Waals surface area (Å²) in [5.74, 6) is -2.11. The van der Waals surface area contributed by atoms with Gasteiger partial charge in [0.2, 0.25) is 0 Å². The van der Waals surface area contributed by atoms with Crippen LogP contribution in [-0.4, -0.2) is 27.5 Å². The molecular formula is C9H9N3O4. The van der Waals surface area contributed by atoms with Gasteiger partial charge in [0.25, 0.3) is 17.4 Å². The Kier molecular flexibility index (Phi) is 2.06. The number of aryl methyl sites for hydroxylation is 1. The molecule has 0 radical (unpaired) electrons. The van der Waals surface area contributed by atoms with Crippen LogP contribution in [0.1, 0.15) is 5.69 Å². The zero-order valence-electron chi connectivity index (χ0n) is 8.35. The number of aliphatic hydroxyl groups is 1. The van der Waals surface area contributed by atoms with Gasteiger partial charge in [0.05, 0.1) is 5.69 Å². The van der Waals surface area contributed by atoms with E-state index in [4.69, 9.17) is 0 Å². The predicted octanol–water partition coefficient (Wildman–Crippen LogP) is -1.42. The summed E-state index contributed by atoms with van der Waals surface area (Å²) >= 11 is 0. The largest absolute Gasteiger partial charge is 0.367 e. The molecule has 0 bridgehead atoms. The Bertz CT molecular complexity index is 471. The van der Waals surface area contributed by atoms with Gasteiger partial charge in [-0.25, -0.2) is 4.79 Å². The predicted molar refractivity (Wildman–Crippen MR) is 51.0 cm³/mol.